The number of hydrogen-bond donors (Lipinski definition) is 2. The number of rotatable bonds is 4. The Balaban J connectivity index is 3.04. The molecule has 1 unspecified atom stereocenters. The lowest BCUT2D eigenvalue weighted by Gasteiger charge is -2.17. The Labute approximate surface area is 126 Å². The van der Waals surface area contributed by atoms with Gasteiger partial charge in [-0.2, -0.15) is 0 Å². The zero-order valence-electron chi connectivity index (χ0n) is 11.6. The molecule has 1 aromatic rings. The monoisotopic (exact) mass is 334 g/mol. The Morgan fingerprint density at radius 3 is 2.33 bits per heavy atom. The first-order valence-electron chi connectivity index (χ1n) is 5.86. The molecule has 0 saturated heterocycles. The number of amides is 3. The molecule has 0 radical (unpaired) electrons. The molecular formula is C12H15ClN2O5S. The first-order valence-corrected chi connectivity index (χ1v) is 8.16. The molecule has 0 bridgehead atoms. The molecule has 0 aliphatic carbocycles. The number of benzene rings is 1. The zero-order valence-corrected chi connectivity index (χ0v) is 13.2. The first kappa shape index (κ1) is 17.3. The number of halogens is 1. The molecule has 3 N–H and O–H groups in total. The fraction of sp³-hybridized carbons (Fsp3) is 0.333. The molecule has 7 nitrogen and oxygen atoms in total. The van der Waals surface area contributed by atoms with Gasteiger partial charge in [0.1, 0.15) is 5.75 Å². The summed E-state index contributed by atoms with van der Waals surface area (Å²) in [7, 11) is 1.46. The number of urea groups is 1. The summed E-state index contributed by atoms with van der Waals surface area (Å²) in [6.45, 7) is 4.64. The lowest BCUT2D eigenvalue weighted by atomic mass is 10.1. The summed E-state index contributed by atoms with van der Waals surface area (Å²) in [6.07, 6.45) is -0.978. The minimum absolute atomic E-state index is 0.0248. The summed E-state index contributed by atoms with van der Waals surface area (Å²) in [5, 5.41) is 1.89. The molecule has 1 rings (SSSR count). The van der Waals surface area contributed by atoms with Crippen LogP contribution >= 0.6 is 10.7 Å². The van der Waals surface area contributed by atoms with Crippen LogP contribution in [0.15, 0.2) is 17.0 Å². The van der Waals surface area contributed by atoms with E-state index in [1.165, 1.54) is 19.1 Å². The lowest BCUT2D eigenvalue weighted by Crippen LogP contribution is -2.42. The van der Waals surface area contributed by atoms with Crippen LogP contribution in [-0.4, -0.2) is 26.5 Å². The number of hydrogen-bond acceptors (Lipinski definition) is 5. The van der Waals surface area contributed by atoms with E-state index in [4.69, 9.17) is 21.2 Å². The minimum Gasteiger partial charge on any atom is -0.481 e. The van der Waals surface area contributed by atoms with Gasteiger partial charge in [-0.3, -0.25) is 10.1 Å². The quantitative estimate of drug-likeness (QED) is 0.802. The van der Waals surface area contributed by atoms with E-state index in [1.807, 2.05) is 5.32 Å². The molecule has 21 heavy (non-hydrogen) atoms. The van der Waals surface area contributed by atoms with Crippen molar-refractivity contribution in [3.63, 3.8) is 0 Å². The van der Waals surface area contributed by atoms with Crippen LogP contribution in [-0.2, 0) is 13.8 Å². The molecule has 0 aliphatic rings. The van der Waals surface area contributed by atoms with Crippen molar-refractivity contribution in [3.8, 4) is 5.75 Å². The normalized spacial score (nSPS) is 12.6. The van der Waals surface area contributed by atoms with Gasteiger partial charge < -0.3 is 10.5 Å². The SMILES string of the molecule is Cc1c(OC(C)C(=O)NC(N)=O)ccc(S(=O)(=O)Cl)c1C. The minimum atomic E-state index is -3.86. The number of carbonyl (C=O) groups is 2. The summed E-state index contributed by atoms with van der Waals surface area (Å²) in [5.41, 5.74) is 5.78. The molecule has 0 saturated carbocycles. The lowest BCUT2D eigenvalue weighted by molar-refractivity contribution is -0.126. The van der Waals surface area contributed by atoms with E-state index in [0.717, 1.165) is 0 Å². The molecule has 1 aromatic carbocycles. The second-order valence-corrected chi connectivity index (χ2v) is 6.90. The van der Waals surface area contributed by atoms with Crippen LogP contribution in [0.2, 0.25) is 0 Å². The molecule has 1 atom stereocenters. The third kappa shape index (κ3) is 4.33. The van der Waals surface area contributed by atoms with Gasteiger partial charge in [0.15, 0.2) is 6.10 Å². The molecule has 0 spiro atoms. The third-order valence-corrected chi connectivity index (χ3v) is 4.34. The van der Waals surface area contributed by atoms with E-state index in [2.05, 4.69) is 0 Å². The number of nitrogens with two attached hydrogens (primary N) is 1. The van der Waals surface area contributed by atoms with Crippen LogP contribution in [0.5, 0.6) is 5.75 Å². The van der Waals surface area contributed by atoms with E-state index in [9.17, 15) is 18.0 Å². The number of nitrogens with one attached hydrogen (secondary N) is 1. The van der Waals surface area contributed by atoms with Crippen LogP contribution < -0.4 is 15.8 Å². The molecule has 3 amide bonds. The largest absolute Gasteiger partial charge is 0.481 e. The predicted molar refractivity (Wildman–Crippen MR) is 76.8 cm³/mol. The summed E-state index contributed by atoms with van der Waals surface area (Å²) in [5.74, 6) is -0.391. The molecule has 0 heterocycles. The number of primary amides is 1. The van der Waals surface area contributed by atoms with Crippen molar-refractivity contribution >= 4 is 31.7 Å². The Morgan fingerprint density at radius 1 is 1.29 bits per heavy atom. The third-order valence-electron chi connectivity index (χ3n) is 2.87. The molecule has 9 heteroatoms. The average Bonchev–Trinajstić information content (AvgIpc) is 2.32. The highest BCUT2D eigenvalue weighted by Crippen LogP contribution is 2.29. The van der Waals surface area contributed by atoms with E-state index in [-0.39, 0.29) is 4.90 Å². The highest BCUT2D eigenvalue weighted by Gasteiger charge is 2.20. The average molecular weight is 335 g/mol. The Kier molecular flexibility index (Phi) is 5.19. The van der Waals surface area contributed by atoms with Gasteiger partial charge in [-0.05, 0) is 44.0 Å². The smallest absolute Gasteiger partial charge is 0.318 e. The van der Waals surface area contributed by atoms with Gasteiger partial charge in [0.25, 0.3) is 15.0 Å². The fourth-order valence-corrected chi connectivity index (χ4v) is 2.88. The van der Waals surface area contributed by atoms with Crippen LogP contribution in [0.4, 0.5) is 4.79 Å². The van der Waals surface area contributed by atoms with Crippen molar-refractivity contribution in [1.82, 2.24) is 5.32 Å². The van der Waals surface area contributed by atoms with E-state index >= 15 is 0 Å². The van der Waals surface area contributed by atoms with Gasteiger partial charge >= 0.3 is 6.03 Å². The molecule has 0 aromatic heterocycles. The van der Waals surface area contributed by atoms with Crippen LogP contribution in [0, 0.1) is 13.8 Å². The maximum atomic E-state index is 11.5. The van der Waals surface area contributed by atoms with Crippen molar-refractivity contribution < 1.29 is 22.7 Å². The maximum Gasteiger partial charge on any atom is 0.318 e. The number of ether oxygens (including phenoxy) is 1. The highest BCUT2D eigenvalue weighted by molar-refractivity contribution is 8.13. The summed E-state index contributed by atoms with van der Waals surface area (Å²) in [4.78, 5) is 22.1. The van der Waals surface area contributed by atoms with Gasteiger partial charge in [-0.1, -0.05) is 0 Å². The maximum absolute atomic E-state index is 11.5. The van der Waals surface area contributed by atoms with E-state index in [0.29, 0.717) is 16.9 Å². The zero-order chi connectivity index (χ0) is 16.4. The summed E-state index contributed by atoms with van der Waals surface area (Å²) >= 11 is 0. The molecule has 116 valence electrons. The molecular weight excluding hydrogens is 320 g/mol. The van der Waals surface area contributed by atoms with Crippen LogP contribution in [0.1, 0.15) is 18.1 Å². The fourth-order valence-electron chi connectivity index (χ4n) is 1.63. The Bertz CT molecular complexity index is 687. The van der Waals surface area contributed by atoms with Crippen LogP contribution in [0.25, 0.3) is 0 Å². The number of imide groups is 1. The van der Waals surface area contributed by atoms with Gasteiger partial charge in [0.05, 0.1) is 4.90 Å². The predicted octanol–water partition coefficient (Wildman–Crippen LogP) is 1.19. The Morgan fingerprint density at radius 2 is 1.86 bits per heavy atom. The van der Waals surface area contributed by atoms with Crippen molar-refractivity contribution in [3.05, 3.63) is 23.3 Å². The van der Waals surface area contributed by atoms with E-state index < -0.39 is 27.1 Å². The topological polar surface area (TPSA) is 116 Å². The van der Waals surface area contributed by atoms with Crippen molar-refractivity contribution in [1.29, 1.82) is 0 Å². The van der Waals surface area contributed by atoms with Crippen molar-refractivity contribution in [2.75, 3.05) is 0 Å². The summed E-state index contributed by atoms with van der Waals surface area (Å²) in [6, 6.07) is 1.71. The number of carbonyl (C=O) groups excluding carboxylic acids is 2. The van der Waals surface area contributed by atoms with Gasteiger partial charge in [0, 0.05) is 10.7 Å². The van der Waals surface area contributed by atoms with Gasteiger partial charge in [-0.15, -0.1) is 0 Å². The van der Waals surface area contributed by atoms with Crippen molar-refractivity contribution in [2.24, 2.45) is 5.73 Å². The van der Waals surface area contributed by atoms with Crippen molar-refractivity contribution in [2.45, 2.75) is 31.8 Å². The van der Waals surface area contributed by atoms with E-state index in [1.54, 1.807) is 13.8 Å². The van der Waals surface area contributed by atoms with Crippen LogP contribution in [0.3, 0.4) is 0 Å². The second kappa shape index (κ2) is 6.31. The summed E-state index contributed by atoms with van der Waals surface area (Å²) < 4.78 is 28.2. The molecule has 0 fully saturated rings. The first-order chi connectivity index (χ1) is 9.54. The highest BCUT2D eigenvalue weighted by atomic mass is 35.7. The van der Waals surface area contributed by atoms with Gasteiger partial charge in [-0.25, -0.2) is 13.2 Å². The van der Waals surface area contributed by atoms with Gasteiger partial charge in [0.2, 0.25) is 0 Å². The molecule has 0 aliphatic heterocycles. The Hall–Kier alpha value is -1.80. The second-order valence-electron chi connectivity index (χ2n) is 4.36. The standard InChI is InChI=1S/C12H15ClN2O5S/c1-6-7(2)10(21(13,18)19)5-4-9(6)20-8(3)11(16)15-12(14)17/h4-5,8H,1-3H3,(H3,14,15,16,17).